The summed E-state index contributed by atoms with van der Waals surface area (Å²) >= 11 is 2.49. The predicted octanol–water partition coefficient (Wildman–Crippen LogP) is 4.97. The molecule has 0 radical (unpaired) electrons. The lowest BCUT2D eigenvalue weighted by molar-refractivity contribution is -0.393. The molecule has 0 bridgehead atoms. The zero-order valence-electron chi connectivity index (χ0n) is 17.5. The first-order valence-electron chi connectivity index (χ1n) is 10.0. The van der Waals surface area contributed by atoms with Crippen molar-refractivity contribution >= 4 is 33.9 Å². The van der Waals surface area contributed by atoms with E-state index in [2.05, 4.69) is 27.3 Å². The average Bonchev–Trinajstić information content (AvgIpc) is 3.53. The van der Waals surface area contributed by atoms with Crippen LogP contribution in [0.15, 0.2) is 76.4 Å². The molecule has 0 aliphatic rings. The van der Waals surface area contributed by atoms with Crippen LogP contribution in [0.4, 0.5) is 5.82 Å². The molecule has 11 heteroatoms. The van der Waals surface area contributed by atoms with E-state index in [4.69, 9.17) is 4.74 Å². The fraction of sp³-hybridized carbons (Fsp3) is 0.136. The third-order valence-corrected chi connectivity index (χ3v) is 6.81. The second-order valence-electron chi connectivity index (χ2n) is 7.05. The molecule has 0 aliphatic carbocycles. The highest BCUT2D eigenvalue weighted by atomic mass is 32.2. The lowest BCUT2D eigenvalue weighted by Crippen LogP contribution is -2.06. The van der Waals surface area contributed by atoms with Crippen molar-refractivity contribution in [1.29, 1.82) is 0 Å². The number of ether oxygens (including phenoxy) is 1. The number of hydrogen-bond donors (Lipinski definition) is 0. The number of benzene rings is 2. The Kier molecular flexibility index (Phi) is 5.80. The van der Waals surface area contributed by atoms with Gasteiger partial charge in [0.2, 0.25) is 5.03 Å². The molecule has 2 aromatic carbocycles. The molecule has 0 unspecified atom stereocenters. The number of rotatable bonds is 8. The Hall–Kier alpha value is -3.70. The van der Waals surface area contributed by atoms with Gasteiger partial charge in [-0.05, 0) is 40.8 Å². The molecule has 5 aromatic rings. The van der Waals surface area contributed by atoms with Crippen LogP contribution in [0.2, 0.25) is 0 Å². The smallest absolute Gasteiger partial charge is 0.363 e. The maximum atomic E-state index is 11.8. The summed E-state index contributed by atoms with van der Waals surface area (Å²) in [5, 5.41) is 23.2. The number of hydrogen-bond acceptors (Lipinski definition) is 8. The summed E-state index contributed by atoms with van der Waals surface area (Å²) in [5.74, 6) is 1.23. The molecule has 0 N–H and O–H groups in total. The van der Waals surface area contributed by atoms with Crippen molar-refractivity contribution in [3.8, 4) is 17.1 Å². The Morgan fingerprint density at radius 2 is 1.91 bits per heavy atom. The van der Waals surface area contributed by atoms with E-state index in [0.717, 1.165) is 23.7 Å². The van der Waals surface area contributed by atoms with Crippen LogP contribution in [0.25, 0.3) is 16.3 Å². The standard InChI is InChI=1S/C22H18N6O3S2/c1-31-17-10-6-5-9-16(17)18-24-25-22(26(18)12-11-15-7-3-2-4-8-15)33-19-20(28(29)30)27-13-14-32-21(27)23-19/h2-10,13-14H,11-12H2,1H3. The van der Waals surface area contributed by atoms with E-state index in [-0.39, 0.29) is 10.8 Å². The molecule has 0 saturated heterocycles. The quantitative estimate of drug-likeness (QED) is 0.229. The maximum absolute atomic E-state index is 11.8. The third-order valence-electron chi connectivity index (χ3n) is 5.10. The van der Waals surface area contributed by atoms with Gasteiger partial charge in [-0.15, -0.1) is 10.2 Å². The summed E-state index contributed by atoms with van der Waals surface area (Å²) in [6, 6.07) is 17.7. The highest BCUT2D eigenvalue weighted by Gasteiger charge is 2.27. The van der Waals surface area contributed by atoms with Gasteiger partial charge in [-0.1, -0.05) is 53.8 Å². The highest BCUT2D eigenvalue weighted by molar-refractivity contribution is 7.99. The topological polar surface area (TPSA) is 100 Å². The van der Waals surface area contributed by atoms with E-state index in [1.165, 1.54) is 21.3 Å². The van der Waals surface area contributed by atoms with Gasteiger partial charge in [-0.3, -0.25) is 0 Å². The number of imidazole rings is 1. The van der Waals surface area contributed by atoms with E-state index < -0.39 is 4.92 Å². The summed E-state index contributed by atoms with van der Waals surface area (Å²) in [7, 11) is 1.61. The molecular weight excluding hydrogens is 460 g/mol. The molecule has 3 aromatic heterocycles. The van der Waals surface area contributed by atoms with Crippen molar-refractivity contribution < 1.29 is 9.66 Å². The lowest BCUT2D eigenvalue weighted by Gasteiger charge is -2.12. The molecule has 166 valence electrons. The van der Waals surface area contributed by atoms with Gasteiger partial charge in [0.1, 0.15) is 11.9 Å². The first-order chi connectivity index (χ1) is 16.2. The van der Waals surface area contributed by atoms with Gasteiger partial charge in [0, 0.05) is 11.9 Å². The van der Waals surface area contributed by atoms with Crippen molar-refractivity contribution in [2.24, 2.45) is 0 Å². The number of aromatic nitrogens is 5. The highest BCUT2D eigenvalue weighted by Crippen LogP contribution is 2.38. The van der Waals surface area contributed by atoms with Crippen molar-refractivity contribution in [2.45, 2.75) is 23.1 Å². The van der Waals surface area contributed by atoms with Crippen LogP contribution in [0.5, 0.6) is 5.75 Å². The van der Waals surface area contributed by atoms with Crippen molar-refractivity contribution in [3.63, 3.8) is 0 Å². The van der Waals surface area contributed by atoms with Crippen LogP contribution in [0.1, 0.15) is 5.56 Å². The van der Waals surface area contributed by atoms with Crippen molar-refractivity contribution in [1.82, 2.24) is 24.1 Å². The van der Waals surface area contributed by atoms with Crippen LogP contribution in [0.3, 0.4) is 0 Å². The Morgan fingerprint density at radius 3 is 2.70 bits per heavy atom. The molecular formula is C22H18N6O3S2. The molecule has 9 nitrogen and oxygen atoms in total. The Balaban J connectivity index is 1.57. The molecule has 0 aliphatic heterocycles. The lowest BCUT2D eigenvalue weighted by atomic mass is 10.1. The van der Waals surface area contributed by atoms with Crippen LogP contribution in [0, 0.1) is 10.1 Å². The average molecular weight is 479 g/mol. The minimum atomic E-state index is -0.416. The summed E-state index contributed by atoms with van der Waals surface area (Å²) in [5.41, 5.74) is 1.97. The van der Waals surface area contributed by atoms with E-state index in [1.54, 1.807) is 18.7 Å². The minimum absolute atomic E-state index is 0.0762. The number of nitro groups is 1. The molecule has 0 amide bonds. The fourth-order valence-electron chi connectivity index (χ4n) is 3.55. The SMILES string of the molecule is COc1ccccc1-c1nnc(Sc2nc3sccn3c2[N+](=O)[O-])n1CCc1ccccc1. The number of methoxy groups -OCH3 is 1. The summed E-state index contributed by atoms with van der Waals surface area (Å²) in [6.45, 7) is 0.586. The van der Waals surface area contributed by atoms with Gasteiger partial charge in [0.05, 0.1) is 12.7 Å². The second kappa shape index (κ2) is 9.04. The molecule has 3 heterocycles. The van der Waals surface area contributed by atoms with Crippen LogP contribution >= 0.6 is 23.1 Å². The third kappa shape index (κ3) is 4.08. The van der Waals surface area contributed by atoms with E-state index >= 15 is 0 Å². The number of fused-ring (bicyclic) bond motifs is 1. The second-order valence-corrected chi connectivity index (χ2v) is 8.88. The zero-order chi connectivity index (χ0) is 22.8. The van der Waals surface area contributed by atoms with Gasteiger partial charge < -0.3 is 19.4 Å². The summed E-state index contributed by atoms with van der Waals surface area (Å²) in [4.78, 5) is 16.4. The van der Waals surface area contributed by atoms with Gasteiger partial charge in [-0.25, -0.2) is 0 Å². The molecule has 33 heavy (non-hydrogen) atoms. The van der Waals surface area contributed by atoms with Crippen molar-refractivity contribution in [2.75, 3.05) is 7.11 Å². The van der Waals surface area contributed by atoms with E-state index in [9.17, 15) is 10.1 Å². The predicted molar refractivity (Wildman–Crippen MR) is 126 cm³/mol. The Morgan fingerprint density at radius 1 is 1.12 bits per heavy atom. The van der Waals surface area contributed by atoms with Gasteiger partial charge in [0.25, 0.3) is 4.96 Å². The molecule has 0 spiro atoms. The monoisotopic (exact) mass is 478 g/mol. The number of thiazole rings is 1. The van der Waals surface area contributed by atoms with Crippen LogP contribution < -0.4 is 4.74 Å². The zero-order valence-corrected chi connectivity index (χ0v) is 19.1. The molecule has 0 saturated carbocycles. The normalized spacial score (nSPS) is 11.2. The first kappa shape index (κ1) is 21.2. The summed E-state index contributed by atoms with van der Waals surface area (Å²) in [6.07, 6.45) is 2.39. The number of para-hydroxylation sites is 1. The molecule has 0 fully saturated rings. The van der Waals surface area contributed by atoms with Gasteiger partial charge in [0.15, 0.2) is 11.0 Å². The summed E-state index contributed by atoms with van der Waals surface area (Å²) < 4.78 is 8.98. The van der Waals surface area contributed by atoms with Crippen molar-refractivity contribution in [3.05, 3.63) is 81.9 Å². The van der Waals surface area contributed by atoms with Crippen LogP contribution in [-0.2, 0) is 13.0 Å². The largest absolute Gasteiger partial charge is 0.496 e. The Labute approximate surface area is 196 Å². The first-order valence-corrected chi connectivity index (χ1v) is 11.7. The van der Waals surface area contributed by atoms with Crippen LogP contribution in [-0.4, -0.2) is 36.2 Å². The maximum Gasteiger partial charge on any atom is 0.363 e. The molecule has 5 rings (SSSR count). The fourth-order valence-corrected chi connectivity index (χ4v) is 5.26. The number of nitrogens with zero attached hydrogens (tertiary/aromatic N) is 6. The van der Waals surface area contributed by atoms with Gasteiger partial charge in [-0.2, -0.15) is 9.38 Å². The minimum Gasteiger partial charge on any atom is -0.496 e. The van der Waals surface area contributed by atoms with E-state index in [0.29, 0.717) is 28.2 Å². The van der Waals surface area contributed by atoms with E-state index in [1.807, 2.05) is 47.0 Å². The number of aryl methyl sites for hydroxylation is 1. The van der Waals surface area contributed by atoms with Gasteiger partial charge >= 0.3 is 5.82 Å². The Bertz CT molecular complexity index is 1430. The molecule has 0 atom stereocenters.